The van der Waals surface area contributed by atoms with E-state index in [1.54, 1.807) is 12.1 Å². The van der Waals surface area contributed by atoms with Crippen molar-refractivity contribution in [3.8, 4) is 0 Å². The van der Waals surface area contributed by atoms with Gasteiger partial charge < -0.3 is 15.2 Å². The van der Waals surface area contributed by atoms with E-state index >= 15 is 0 Å². The second-order valence-corrected chi connectivity index (χ2v) is 7.30. The number of hydrogen-bond acceptors (Lipinski definition) is 3. The predicted molar refractivity (Wildman–Crippen MR) is 90.5 cm³/mol. The standard InChI is InChI=1S/C17H22BrNO4/c1-5-23-13-9-17(15(21)22,16(13,3)4)19-14(20)11-7-6-8-12(18)10(11)2/h6-8,13H,5,9H2,1-4H3,(H,19,20)(H,21,22). The highest BCUT2D eigenvalue weighted by atomic mass is 79.9. The summed E-state index contributed by atoms with van der Waals surface area (Å²) >= 11 is 3.39. The monoisotopic (exact) mass is 383 g/mol. The summed E-state index contributed by atoms with van der Waals surface area (Å²) in [4.78, 5) is 24.6. The first-order chi connectivity index (χ1) is 10.7. The van der Waals surface area contributed by atoms with Gasteiger partial charge in [-0.3, -0.25) is 4.79 Å². The number of carbonyl (C=O) groups excluding carboxylic acids is 1. The Morgan fingerprint density at radius 3 is 2.61 bits per heavy atom. The zero-order chi connectivity index (χ0) is 17.4. The van der Waals surface area contributed by atoms with Crippen molar-refractivity contribution in [3.05, 3.63) is 33.8 Å². The second-order valence-electron chi connectivity index (χ2n) is 6.45. The second kappa shape index (κ2) is 6.24. The Bertz CT molecular complexity index is 643. The van der Waals surface area contributed by atoms with E-state index in [4.69, 9.17) is 4.74 Å². The van der Waals surface area contributed by atoms with Crippen molar-refractivity contribution in [3.63, 3.8) is 0 Å². The third-order valence-corrected chi connectivity index (χ3v) is 5.83. The molecule has 1 aliphatic carbocycles. The molecule has 2 unspecified atom stereocenters. The number of carboxylic acids is 1. The molecule has 23 heavy (non-hydrogen) atoms. The molecular formula is C17H22BrNO4. The highest BCUT2D eigenvalue weighted by Gasteiger charge is 2.66. The van der Waals surface area contributed by atoms with Gasteiger partial charge in [-0.25, -0.2) is 4.79 Å². The zero-order valence-corrected chi connectivity index (χ0v) is 15.4. The molecule has 5 nitrogen and oxygen atoms in total. The van der Waals surface area contributed by atoms with E-state index in [0.717, 1.165) is 10.0 Å². The van der Waals surface area contributed by atoms with Crippen molar-refractivity contribution < 1.29 is 19.4 Å². The molecule has 0 heterocycles. The molecule has 0 aliphatic heterocycles. The molecule has 126 valence electrons. The minimum Gasteiger partial charge on any atom is -0.479 e. The lowest BCUT2D eigenvalue weighted by Crippen LogP contribution is -2.76. The van der Waals surface area contributed by atoms with Crippen molar-refractivity contribution in [1.29, 1.82) is 0 Å². The molecule has 2 N–H and O–H groups in total. The number of carbonyl (C=O) groups is 2. The zero-order valence-electron chi connectivity index (χ0n) is 13.8. The van der Waals surface area contributed by atoms with E-state index in [1.807, 2.05) is 33.8 Å². The van der Waals surface area contributed by atoms with Crippen LogP contribution in [0.5, 0.6) is 0 Å². The van der Waals surface area contributed by atoms with Crippen LogP contribution in [0, 0.1) is 12.3 Å². The Kier molecular flexibility index (Phi) is 4.87. The highest BCUT2D eigenvalue weighted by Crippen LogP contribution is 2.51. The fraction of sp³-hybridized carbons (Fsp3) is 0.529. The number of nitrogens with one attached hydrogen (secondary N) is 1. The summed E-state index contributed by atoms with van der Waals surface area (Å²) in [6, 6.07) is 5.29. The van der Waals surface area contributed by atoms with Gasteiger partial charge in [-0.05, 0) is 31.5 Å². The van der Waals surface area contributed by atoms with Gasteiger partial charge in [0.15, 0.2) is 0 Å². The Morgan fingerprint density at radius 1 is 1.43 bits per heavy atom. The lowest BCUT2D eigenvalue weighted by molar-refractivity contribution is -0.190. The molecule has 1 aliphatic rings. The van der Waals surface area contributed by atoms with Crippen molar-refractivity contribution in [2.45, 2.75) is 45.8 Å². The van der Waals surface area contributed by atoms with Gasteiger partial charge in [-0.15, -0.1) is 0 Å². The number of amides is 1. The van der Waals surface area contributed by atoms with Crippen LogP contribution in [0.1, 0.15) is 43.1 Å². The molecule has 1 fully saturated rings. The molecule has 0 radical (unpaired) electrons. The SMILES string of the molecule is CCOC1CC(NC(=O)c2cccc(Br)c2C)(C(=O)O)C1(C)C. The minimum absolute atomic E-state index is 0.187. The molecule has 6 heteroatoms. The fourth-order valence-corrected chi connectivity index (χ4v) is 3.52. The number of ether oxygens (including phenoxy) is 1. The van der Waals surface area contributed by atoms with Crippen LogP contribution >= 0.6 is 15.9 Å². The van der Waals surface area contributed by atoms with Gasteiger partial charge in [0.25, 0.3) is 5.91 Å². The van der Waals surface area contributed by atoms with Crippen molar-refractivity contribution >= 4 is 27.8 Å². The van der Waals surface area contributed by atoms with E-state index in [9.17, 15) is 14.7 Å². The van der Waals surface area contributed by atoms with Gasteiger partial charge >= 0.3 is 5.97 Å². The lowest BCUT2D eigenvalue weighted by atomic mass is 9.54. The van der Waals surface area contributed by atoms with E-state index < -0.39 is 16.9 Å². The first kappa shape index (κ1) is 17.9. The fourth-order valence-electron chi connectivity index (χ4n) is 3.15. The quantitative estimate of drug-likeness (QED) is 0.818. The molecule has 2 rings (SSSR count). The Morgan fingerprint density at radius 2 is 2.09 bits per heavy atom. The molecule has 1 aromatic carbocycles. The van der Waals surface area contributed by atoms with Crippen LogP contribution in [0.15, 0.2) is 22.7 Å². The van der Waals surface area contributed by atoms with Crippen LogP contribution in [0.25, 0.3) is 0 Å². The normalized spacial score (nSPS) is 25.5. The third-order valence-electron chi connectivity index (χ3n) is 4.97. The predicted octanol–water partition coefficient (Wildman–Crippen LogP) is 3.15. The average Bonchev–Trinajstić information content (AvgIpc) is 2.48. The smallest absolute Gasteiger partial charge is 0.330 e. The molecule has 0 bridgehead atoms. The average molecular weight is 384 g/mol. The van der Waals surface area contributed by atoms with Gasteiger partial charge in [0.05, 0.1) is 6.10 Å². The molecule has 0 aromatic heterocycles. The van der Waals surface area contributed by atoms with Crippen LogP contribution in [0.4, 0.5) is 0 Å². The van der Waals surface area contributed by atoms with E-state index in [0.29, 0.717) is 12.2 Å². The maximum absolute atomic E-state index is 12.6. The Hall–Kier alpha value is -1.40. The first-order valence-electron chi connectivity index (χ1n) is 7.60. The number of aliphatic carboxylic acids is 1. The molecule has 1 amide bonds. The van der Waals surface area contributed by atoms with Crippen LogP contribution in [-0.2, 0) is 9.53 Å². The molecule has 1 saturated carbocycles. The largest absolute Gasteiger partial charge is 0.479 e. The van der Waals surface area contributed by atoms with Gasteiger partial charge in [-0.1, -0.05) is 35.8 Å². The van der Waals surface area contributed by atoms with Crippen molar-refractivity contribution in [1.82, 2.24) is 5.32 Å². The number of carboxylic acid groups (broad SMARTS) is 1. The maximum atomic E-state index is 12.6. The molecule has 1 aromatic rings. The van der Waals surface area contributed by atoms with Crippen molar-refractivity contribution in [2.24, 2.45) is 5.41 Å². The van der Waals surface area contributed by atoms with Crippen molar-refractivity contribution in [2.75, 3.05) is 6.61 Å². The molecular weight excluding hydrogens is 362 g/mol. The highest BCUT2D eigenvalue weighted by molar-refractivity contribution is 9.10. The van der Waals surface area contributed by atoms with Gasteiger partial charge in [0, 0.05) is 28.5 Å². The summed E-state index contributed by atoms with van der Waals surface area (Å²) < 4.78 is 6.42. The number of halogens is 1. The number of rotatable bonds is 5. The summed E-state index contributed by atoms with van der Waals surface area (Å²) in [5, 5.41) is 12.5. The summed E-state index contributed by atoms with van der Waals surface area (Å²) in [6.07, 6.45) is 0.0783. The Labute approximate surface area is 144 Å². The van der Waals surface area contributed by atoms with E-state index in [2.05, 4.69) is 21.2 Å². The lowest BCUT2D eigenvalue weighted by Gasteiger charge is -2.58. The first-order valence-corrected chi connectivity index (χ1v) is 8.39. The maximum Gasteiger partial charge on any atom is 0.330 e. The van der Waals surface area contributed by atoms with Crippen LogP contribution < -0.4 is 5.32 Å². The third kappa shape index (κ3) is 2.78. The number of hydrogen-bond donors (Lipinski definition) is 2. The van der Waals surface area contributed by atoms with Crippen LogP contribution in [0.2, 0.25) is 0 Å². The summed E-state index contributed by atoms with van der Waals surface area (Å²) in [5.74, 6) is -1.41. The van der Waals surface area contributed by atoms with Gasteiger partial charge in [0.1, 0.15) is 5.54 Å². The molecule has 2 atom stereocenters. The number of benzene rings is 1. The van der Waals surface area contributed by atoms with E-state index in [1.165, 1.54) is 0 Å². The summed E-state index contributed by atoms with van der Waals surface area (Å²) in [6.45, 7) is 7.85. The van der Waals surface area contributed by atoms with E-state index in [-0.39, 0.29) is 18.4 Å². The summed E-state index contributed by atoms with van der Waals surface area (Å²) in [5.41, 5.74) is -0.761. The topological polar surface area (TPSA) is 75.6 Å². The molecule has 0 saturated heterocycles. The summed E-state index contributed by atoms with van der Waals surface area (Å²) in [7, 11) is 0. The van der Waals surface area contributed by atoms with Gasteiger partial charge in [0.2, 0.25) is 0 Å². The van der Waals surface area contributed by atoms with Gasteiger partial charge in [-0.2, -0.15) is 0 Å². The Balaban J connectivity index is 2.30. The molecule has 0 spiro atoms. The minimum atomic E-state index is -1.32. The van der Waals surface area contributed by atoms with Crippen LogP contribution in [0.3, 0.4) is 0 Å². The van der Waals surface area contributed by atoms with Crippen LogP contribution in [-0.4, -0.2) is 35.2 Å².